The standard InChI is InChI=1S/C9H8O3/c10-6-5-7-1-3-8(4-2-7)9(11)12/h1-6,10H,(H,11,12). The second kappa shape index (κ2) is 3.57. The number of aromatic carboxylic acids is 1. The van der Waals surface area contributed by atoms with E-state index in [9.17, 15) is 4.79 Å². The Labute approximate surface area is 69.6 Å². The molecule has 62 valence electrons. The third-order valence-electron chi connectivity index (χ3n) is 1.42. The zero-order chi connectivity index (χ0) is 8.97. The molecule has 0 saturated carbocycles. The number of carbonyl (C=O) groups is 1. The second-order valence-corrected chi connectivity index (χ2v) is 2.24. The Balaban J connectivity index is 2.93. The highest BCUT2D eigenvalue weighted by Crippen LogP contribution is 2.05. The van der Waals surface area contributed by atoms with E-state index in [-0.39, 0.29) is 5.56 Å². The number of aliphatic hydroxyl groups is 1. The average Bonchev–Trinajstić information content (AvgIpc) is 2.06. The SMILES string of the molecule is O=C(O)c1ccc(C=CO)cc1. The van der Waals surface area contributed by atoms with Gasteiger partial charge in [0.15, 0.2) is 0 Å². The Morgan fingerprint density at radius 1 is 1.25 bits per heavy atom. The van der Waals surface area contributed by atoms with Gasteiger partial charge in [-0.2, -0.15) is 0 Å². The van der Waals surface area contributed by atoms with Gasteiger partial charge in [-0.3, -0.25) is 0 Å². The molecule has 0 spiro atoms. The summed E-state index contributed by atoms with van der Waals surface area (Å²) in [5.41, 5.74) is 1.01. The summed E-state index contributed by atoms with van der Waals surface area (Å²) >= 11 is 0. The van der Waals surface area contributed by atoms with Crippen molar-refractivity contribution < 1.29 is 15.0 Å². The van der Waals surface area contributed by atoms with Gasteiger partial charge in [0.05, 0.1) is 11.8 Å². The van der Waals surface area contributed by atoms with E-state index in [4.69, 9.17) is 10.2 Å². The van der Waals surface area contributed by atoms with E-state index >= 15 is 0 Å². The Bertz CT molecular complexity index is 298. The average molecular weight is 164 g/mol. The Hall–Kier alpha value is -1.77. The van der Waals surface area contributed by atoms with Gasteiger partial charge >= 0.3 is 5.97 Å². The molecule has 0 radical (unpaired) electrons. The number of rotatable bonds is 2. The summed E-state index contributed by atoms with van der Waals surface area (Å²) in [5.74, 6) is -0.950. The summed E-state index contributed by atoms with van der Waals surface area (Å²) in [5, 5.41) is 16.9. The van der Waals surface area contributed by atoms with Gasteiger partial charge in [0, 0.05) is 0 Å². The molecule has 1 rings (SSSR count). The normalized spacial score (nSPS) is 10.3. The van der Waals surface area contributed by atoms with Crippen LogP contribution in [0.4, 0.5) is 0 Å². The van der Waals surface area contributed by atoms with E-state index in [1.54, 1.807) is 12.1 Å². The minimum Gasteiger partial charge on any atom is -0.516 e. The molecule has 0 aliphatic carbocycles. The van der Waals surface area contributed by atoms with Gasteiger partial charge in [0.1, 0.15) is 0 Å². The molecule has 2 N–H and O–H groups in total. The highest BCUT2D eigenvalue weighted by Gasteiger charge is 1.99. The van der Waals surface area contributed by atoms with Gasteiger partial charge in [-0.1, -0.05) is 12.1 Å². The van der Waals surface area contributed by atoms with Gasteiger partial charge in [-0.25, -0.2) is 4.79 Å². The van der Waals surface area contributed by atoms with Crippen molar-refractivity contribution in [3.05, 3.63) is 41.7 Å². The molecule has 0 bridgehead atoms. The van der Waals surface area contributed by atoms with Crippen LogP contribution in [0.3, 0.4) is 0 Å². The molecule has 0 saturated heterocycles. The van der Waals surface area contributed by atoms with Crippen LogP contribution in [-0.2, 0) is 0 Å². The van der Waals surface area contributed by atoms with Crippen LogP contribution in [0, 0.1) is 0 Å². The topological polar surface area (TPSA) is 57.5 Å². The Morgan fingerprint density at radius 2 is 1.83 bits per heavy atom. The predicted octanol–water partition coefficient (Wildman–Crippen LogP) is 1.91. The molecule has 0 amide bonds. The lowest BCUT2D eigenvalue weighted by Crippen LogP contribution is -1.94. The molecule has 0 unspecified atom stereocenters. The van der Waals surface area contributed by atoms with Crippen molar-refractivity contribution in [2.75, 3.05) is 0 Å². The summed E-state index contributed by atoms with van der Waals surface area (Å²) in [4.78, 5) is 10.4. The predicted molar refractivity (Wildman–Crippen MR) is 45.1 cm³/mol. The van der Waals surface area contributed by atoms with E-state index < -0.39 is 5.97 Å². The van der Waals surface area contributed by atoms with Crippen LogP contribution in [0.1, 0.15) is 15.9 Å². The highest BCUT2D eigenvalue weighted by atomic mass is 16.4. The Morgan fingerprint density at radius 3 is 2.25 bits per heavy atom. The first-order valence-electron chi connectivity index (χ1n) is 3.38. The maximum Gasteiger partial charge on any atom is 0.335 e. The fourth-order valence-corrected chi connectivity index (χ4v) is 0.823. The summed E-state index contributed by atoms with van der Waals surface area (Å²) < 4.78 is 0. The molecule has 1 aromatic carbocycles. The van der Waals surface area contributed by atoms with Crippen LogP contribution in [0.5, 0.6) is 0 Å². The number of carboxylic acid groups (broad SMARTS) is 1. The van der Waals surface area contributed by atoms with E-state index in [0.717, 1.165) is 11.8 Å². The smallest absolute Gasteiger partial charge is 0.335 e. The molecule has 0 aromatic heterocycles. The quantitative estimate of drug-likeness (QED) is 0.656. The fraction of sp³-hybridized carbons (Fsp3) is 0. The van der Waals surface area contributed by atoms with Crippen LogP contribution < -0.4 is 0 Å². The van der Waals surface area contributed by atoms with Crippen LogP contribution >= 0.6 is 0 Å². The zero-order valence-corrected chi connectivity index (χ0v) is 6.27. The van der Waals surface area contributed by atoms with Crippen molar-refractivity contribution in [1.82, 2.24) is 0 Å². The lowest BCUT2D eigenvalue weighted by atomic mass is 10.1. The molecule has 0 aliphatic rings. The van der Waals surface area contributed by atoms with Crippen molar-refractivity contribution in [3.63, 3.8) is 0 Å². The van der Waals surface area contributed by atoms with Gasteiger partial charge in [0.2, 0.25) is 0 Å². The largest absolute Gasteiger partial charge is 0.516 e. The van der Waals surface area contributed by atoms with Crippen molar-refractivity contribution in [2.45, 2.75) is 0 Å². The molecule has 0 aliphatic heterocycles. The van der Waals surface area contributed by atoms with Crippen LogP contribution in [0.2, 0.25) is 0 Å². The summed E-state index contributed by atoms with van der Waals surface area (Å²) in [6.45, 7) is 0. The van der Waals surface area contributed by atoms with Gasteiger partial charge in [-0.05, 0) is 23.8 Å². The third kappa shape index (κ3) is 1.85. The first-order valence-corrected chi connectivity index (χ1v) is 3.38. The maximum absolute atomic E-state index is 10.4. The van der Waals surface area contributed by atoms with Crippen LogP contribution in [-0.4, -0.2) is 16.2 Å². The molecule has 3 heteroatoms. The molecule has 12 heavy (non-hydrogen) atoms. The minimum atomic E-state index is -0.950. The lowest BCUT2D eigenvalue weighted by molar-refractivity contribution is 0.0697. The van der Waals surface area contributed by atoms with Crippen molar-refractivity contribution in [2.24, 2.45) is 0 Å². The zero-order valence-electron chi connectivity index (χ0n) is 6.27. The number of hydrogen-bond donors (Lipinski definition) is 2. The Kier molecular flexibility index (Phi) is 2.48. The highest BCUT2D eigenvalue weighted by molar-refractivity contribution is 5.87. The summed E-state index contributed by atoms with van der Waals surface area (Å²) in [7, 11) is 0. The maximum atomic E-state index is 10.4. The molecule has 3 nitrogen and oxygen atoms in total. The molecule has 0 fully saturated rings. The van der Waals surface area contributed by atoms with Gasteiger partial charge < -0.3 is 10.2 Å². The van der Waals surface area contributed by atoms with Gasteiger partial charge in [0.25, 0.3) is 0 Å². The molecule has 0 atom stereocenters. The number of carboxylic acids is 1. The van der Waals surface area contributed by atoms with E-state index in [1.807, 2.05) is 0 Å². The van der Waals surface area contributed by atoms with Crippen molar-refractivity contribution in [1.29, 1.82) is 0 Å². The number of benzene rings is 1. The second-order valence-electron chi connectivity index (χ2n) is 2.24. The lowest BCUT2D eigenvalue weighted by Gasteiger charge is -1.94. The monoisotopic (exact) mass is 164 g/mol. The summed E-state index contributed by atoms with van der Waals surface area (Å²) in [6.07, 6.45) is 2.39. The van der Waals surface area contributed by atoms with Crippen molar-refractivity contribution in [3.8, 4) is 0 Å². The first kappa shape index (κ1) is 8.33. The summed E-state index contributed by atoms with van der Waals surface area (Å²) in [6, 6.07) is 6.21. The van der Waals surface area contributed by atoms with Crippen LogP contribution in [0.25, 0.3) is 6.08 Å². The molecule has 0 heterocycles. The third-order valence-corrected chi connectivity index (χ3v) is 1.42. The van der Waals surface area contributed by atoms with Crippen LogP contribution in [0.15, 0.2) is 30.5 Å². The van der Waals surface area contributed by atoms with E-state index in [1.165, 1.54) is 18.2 Å². The first-order chi connectivity index (χ1) is 5.74. The van der Waals surface area contributed by atoms with E-state index in [2.05, 4.69) is 0 Å². The number of hydrogen-bond acceptors (Lipinski definition) is 2. The molecule has 1 aromatic rings. The number of aliphatic hydroxyl groups excluding tert-OH is 1. The van der Waals surface area contributed by atoms with Crippen molar-refractivity contribution >= 4 is 12.0 Å². The van der Waals surface area contributed by atoms with E-state index in [0.29, 0.717) is 0 Å². The minimum absolute atomic E-state index is 0.241. The fourth-order valence-electron chi connectivity index (χ4n) is 0.823. The van der Waals surface area contributed by atoms with Gasteiger partial charge in [-0.15, -0.1) is 0 Å². The molecular formula is C9H8O3. The molecular weight excluding hydrogens is 156 g/mol.